The summed E-state index contributed by atoms with van der Waals surface area (Å²) < 4.78 is 5.01. The van der Waals surface area contributed by atoms with Crippen LogP contribution in [0.2, 0.25) is 0 Å². The van der Waals surface area contributed by atoms with Crippen LogP contribution in [0.5, 0.6) is 0 Å². The van der Waals surface area contributed by atoms with E-state index in [9.17, 15) is 9.59 Å². The molecule has 0 fully saturated rings. The van der Waals surface area contributed by atoms with E-state index in [4.69, 9.17) is 14.6 Å². The topological polar surface area (TPSA) is 114 Å². The van der Waals surface area contributed by atoms with E-state index in [1.54, 1.807) is 6.92 Å². The molecule has 7 heteroatoms. The Kier molecular flexibility index (Phi) is 2.08. The van der Waals surface area contributed by atoms with Crippen LogP contribution in [0.4, 0.5) is 0 Å². The number of oxazole rings is 1. The second-order valence-electron chi connectivity index (χ2n) is 3.05. The van der Waals surface area contributed by atoms with E-state index in [1.807, 2.05) is 0 Å². The number of carboxylic acids is 2. The van der Waals surface area contributed by atoms with Gasteiger partial charge in [-0.2, -0.15) is 0 Å². The number of pyridine rings is 1. The van der Waals surface area contributed by atoms with E-state index in [1.165, 1.54) is 0 Å². The fraction of sp³-hybridized carbons (Fsp3) is 0.111. The largest absolute Gasteiger partial charge is 0.478 e. The SMILES string of the molecule is Cc1nc2cc(C(=O)O)c(C(=O)O)nc2o1. The van der Waals surface area contributed by atoms with Crippen molar-refractivity contribution in [2.75, 3.05) is 0 Å². The number of aromatic carboxylic acids is 2. The molecular weight excluding hydrogens is 216 g/mol. The van der Waals surface area contributed by atoms with Crippen LogP contribution in [0.1, 0.15) is 26.7 Å². The van der Waals surface area contributed by atoms with Crippen molar-refractivity contribution >= 4 is 23.2 Å². The lowest BCUT2D eigenvalue weighted by Gasteiger charge is -1.98. The number of hydrogen-bond donors (Lipinski definition) is 2. The van der Waals surface area contributed by atoms with E-state index >= 15 is 0 Å². The average molecular weight is 222 g/mol. The third-order valence-electron chi connectivity index (χ3n) is 1.92. The summed E-state index contributed by atoms with van der Waals surface area (Å²) in [5.41, 5.74) is -0.732. The third-order valence-corrected chi connectivity index (χ3v) is 1.92. The van der Waals surface area contributed by atoms with Gasteiger partial charge in [-0.15, -0.1) is 0 Å². The van der Waals surface area contributed by atoms with Crippen LogP contribution in [-0.4, -0.2) is 32.1 Å². The Balaban J connectivity index is 2.80. The van der Waals surface area contributed by atoms with Gasteiger partial charge in [-0.05, 0) is 6.07 Å². The van der Waals surface area contributed by atoms with Crippen molar-refractivity contribution in [2.24, 2.45) is 0 Å². The predicted molar refractivity (Wildman–Crippen MR) is 50.5 cm³/mol. The summed E-state index contributed by atoms with van der Waals surface area (Å²) in [6.45, 7) is 1.56. The van der Waals surface area contributed by atoms with Gasteiger partial charge in [0.05, 0.1) is 5.56 Å². The predicted octanol–water partition coefficient (Wildman–Crippen LogP) is 0.928. The number of carboxylic acid groups (broad SMARTS) is 2. The zero-order chi connectivity index (χ0) is 11.9. The van der Waals surface area contributed by atoms with Crippen LogP contribution in [0.15, 0.2) is 10.5 Å². The molecule has 0 radical (unpaired) electrons. The minimum Gasteiger partial charge on any atom is -0.478 e. The summed E-state index contributed by atoms with van der Waals surface area (Å²) in [6.07, 6.45) is 0. The number of rotatable bonds is 2. The quantitative estimate of drug-likeness (QED) is 0.776. The lowest BCUT2D eigenvalue weighted by atomic mass is 10.2. The second-order valence-corrected chi connectivity index (χ2v) is 3.05. The van der Waals surface area contributed by atoms with Crippen molar-refractivity contribution < 1.29 is 24.2 Å². The fourth-order valence-electron chi connectivity index (χ4n) is 1.30. The van der Waals surface area contributed by atoms with Crippen LogP contribution in [0, 0.1) is 6.92 Å². The minimum atomic E-state index is -1.42. The summed E-state index contributed by atoms with van der Waals surface area (Å²) in [6, 6.07) is 1.13. The van der Waals surface area contributed by atoms with Crippen molar-refractivity contribution in [3.8, 4) is 0 Å². The van der Waals surface area contributed by atoms with Gasteiger partial charge in [-0.3, -0.25) is 0 Å². The molecule has 0 unspecified atom stereocenters. The van der Waals surface area contributed by atoms with Gasteiger partial charge in [0.2, 0.25) is 5.71 Å². The van der Waals surface area contributed by atoms with Crippen molar-refractivity contribution in [3.63, 3.8) is 0 Å². The molecule has 0 saturated heterocycles. The van der Waals surface area contributed by atoms with Gasteiger partial charge in [-0.1, -0.05) is 0 Å². The highest BCUT2D eigenvalue weighted by molar-refractivity contribution is 6.02. The summed E-state index contributed by atoms with van der Waals surface area (Å²) in [5.74, 6) is -2.50. The minimum absolute atomic E-state index is 0.0138. The molecule has 82 valence electrons. The number of carbonyl (C=O) groups is 2. The van der Waals surface area contributed by atoms with Gasteiger partial charge >= 0.3 is 11.9 Å². The Morgan fingerprint density at radius 1 is 1.25 bits per heavy atom. The zero-order valence-corrected chi connectivity index (χ0v) is 8.09. The molecule has 2 aromatic heterocycles. The van der Waals surface area contributed by atoms with Crippen LogP contribution < -0.4 is 0 Å². The van der Waals surface area contributed by atoms with Gasteiger partial charge in [0.1, 0.15) is 5.52 Å². The lowest BCUT2D eigenvalue weighted by Crippen LogP contribution is -2.10. The first-order valence-electron chi connectivity index (χ1n) is 4.24. The zero-order valence-electron chi connectivity index (χ0n) is 8.09. The van der Waals surface area contributed by atoms with E-state index in [0.29, 0.717) is 5.89 Å². The van der Waals surface area contributed by atoms with Crippen molar-refractivity contribution in [2.45, 2.75) is 6.92 Å². The molecule has 0 saturated carbocycles. The van der Waals surface area contributed by atoms with Crippen LogP contribution >= 0.6 is 0 Å². The summed E-state index contributed by atoms with van der Waals surface area (Å²) >= 11 is 0. The van der Waals surface area contributed by atoms with Gasteiger partial charge in [0.25, 0.3) is 0 Å². The highest BCUT2D eigenvalue weighted by Crippen LogP contribution is 2.17. The molecule has 2 N–H and O–H groups in total. The average Bonchev–Trinajstić information content (AvgIpc) is 2.54. The Bertz CT molecular complexity index is 550. The maximum Gasteiger partial charge on any atom is 0.355 e. The van der Waals surface area contributed by atoms with Crippen LogP contribution in [0.3, 0.4) is 0 Å². The van der Waals surface area contributed by atoms with Crippen molar-refractivity contribution in [1.29, 1.82) is 0 Å². The molecule has 7 nitrogen and oxygen atoms in total. The first-order valence-corrected chi connectivity index (χ1v) is 4.24. The van der Waals surface area contributed by atoms with E-state index in [0.717, 1.165) is 6.07 Å². The monoisotopic (exact) mass is 222 g/mol. The molecule has 0 aromatic carbocycles. The van der Waals surface area contributed by atoms with E-state index < -0.39 is 23.2 Å². The maximum absolute atomic E-state index is 10.8. The summed E-state index contributed by atoms with van der Waals surface area (Å²) in [7, 11) is 0. The molecule has 0 spiro atoms. The molecule has 0 aliphatic carbocycles. The molecule has 0 amide bonds. The Labute approximate surface area is 88.4 Å². The highest BCUT2D eigenvalue weighted by atomic mass is 16.4. The Morgan fingerprint density at radius 2 is 1.94 bits per heavy atom. The third kappa shape index (κ3) is 1.48. The lowest BCUT2D eigenvalue weighted by molar-refractivity contribution is 0.0646. The number of aryl methyl sites for hydroxylation is 1. The molecule has 0 atom stereocenters. The van der Waals surface area contributed by atoms with Gasteiger partial charge < -0.3 is 14.6 Å². The maximum atomic E-state index is 10.8. The smallest absolute Gasteiger partial charge is 0.355 e. The molecular formula is C9H6N2O5. The highest BCUT2D eigenvalue weighted by Gasteiger charge is 2.20. The van der Waals surface area contributed by atoms with Crippen LogP contribution in [-0.2, 0) is 0 Å². The summed E-state index contributed by atoms with van der Waals surface area (Å²) in [5, 5.41) is 17.6. The molecule has 0 aliphatic heterocycles. The first-order chi connectivity index (χ1) is 7.49. The van der Waals surface area contributed by atoms with Gasteiger partial charge in [0.15, 0.2) is 11.6 Å². The second kappa shape index (κ2) is 3.30. The number of aromatic nitrogens is 2. The molecule has 2 aromatic rings. The van der Waals surface area contributed by atoms with E-state index in [-0.39, 0.29) is 11.2 Å². The van der Waals surface area contributed by atoms with Gasteiger partial charge in [-0.25, -0.2) is 19.6 Å². The summed E-state index contributed by atoms with van der Waals surface area (Å²) in [4.78, 5) is 29.1. The first kappa shape index (κ1) is 10.1. The van der Waals surface area contributed by atoms with Gasteiger partial charge in [0, 0.05) is 6.92 Å². The Hall–Kier alpha value is -2.44. The normalized spacial score (nSPS) is 10.6. The van der Waals surface area contributed by atoms with Crippen molar-refractivity contribution in [1.82, 2.24) is 9.97 Å². The fourth-order valence-corrected chi connectivity index (χ4v) is 1.30. The molecule has 2 heterocycles. The number of hydrogen-bond acceptors (Lipinski definition) is 5. The number of nitrogens with zero attached hydrogens (tertiary/aromatic N) is 2. The molecule has 2 rings (SSSR count). The molecule has 0 bridgehead atoms. The Morgan fingerprint density at radius 3 is 2.50 bits per heavy atom. The molecule has 0 aliphatic rings. The van der Waals surface area contributed by atoms with Crippen LogP contribution in [0.25, 0.3) is 11.2 Å². The number of fused-ring (bicyclic) bond motifs is 1. The van der Waals surface area contributed by atoms with E-state index in [2.05, 4.69) is 9.97 Å². The molecule has 16 heavy (non-hydrogen) atoms. The van der Waals surface area contributed by atoms with Crippen molar-refractivity contribution in [3.05, 3.63) is 23.2 Å². The standard InChI is InChI=1S/C9H6N2O5/c1-3-10-5-2-4(8(12)13)6(9(14)15)11-7(5)16-3/h2H,1H3,(H,12,13)(H,14,15).